The normalized spacial score (nSPS) is 51.6. The van der Waals surface area contributed by atoms with Gasteiger partial charge in [0.05, 0.1) is 5.41 Å². The van der Waals surface area contributed by atoms with Crippen molar-refractivity contribution in [2.45, 2.75) is 18.8 Å². The van der Waals surface area contributed by atoms with Crippen LogP contribution in [0.15, 0.2) is 4.52 Å². The second kappa shape index (κ2) is 1.88. The molecule has 12 heavy (non-hydrogen) atoms. The summed E-state index contributed by atoms with van der Waals surface area (Å²) in [5, 5.41) is 6.00. The first-order valence-corrected chi connectivity index (χ1v) is 3.90. The van der Waals surface area contributed by atoms with E-state index in [1.165, 1.54) is 0 Å². The van der Waals surface area contributed by atoms with Gasteiger partial charge in [-0.05, 0) is 25.8 Å². The van der Waals surface area contributed by atoms with E-state index >= 15 is 0 Å². The lowest BCUT2D eigenvalue weighted by molar-refractivity contribution is 0.343. The molecule has 1 aliphatic heterocycles. The van der Waals surface area contributed by atoms with E-state index in [1.807, 2.05) is 0 Å². The molecule has 64 valence electrons. The Morgan fingerprint density at radius 1 is 1.83 bits per heavy atom. The second-order valence-corrected chi connectivity index (χ2v) is 3.27. The lowest BCUT2D eigenvalue weighted by atomic mass is 10.1. The van der Waals surface area contributed by atoms with Crippen molar-refractivity contribution in [2.75, 3.05) is 13.0 Å². The van der Waals surface area contributed by atoms with Crippen LogP contribution in [0.5, 0.6) is 0 Å². The van der Waals surface area contributed by atoms with Gasteiger partial charge in [0, 0.05) is 12.0 Å². The summed E-state index contributed by atoms with van der Waals surface area (Å²) in [5.74, 6) is 0.210. The molecule has 4 nitrogen and oxygen atoms in total. The van der Waals surface area contributed by atoms with Crippen molar-refractivity contribution in [1.29, 1.82) is 0 Å². The van der Waals surface area contributed by atoms with Crippen LogP contribution in [0, 0.1) is 12.8 Å². The minimum Gasteiger partial charge on any atom is -0.339 e. The molecule has 0 radical (unpaired) electrons. The molecule has 0 amide bonds. The van der Waals surface area contributed by atoms with Crippen molar-refractivity contribution in [3.8, 4) is 0 Å². The Morgan fingerprint density at radius 2 is 2.75 bits per heavy atom. The van der Waals surface area contributed by atoms with Crippen molar-refractivity contribution in [3.05, 3.63) is 11.7 Å². The van der Waals surface area contributed by atoms with Gasteiger partial charge in [-0.15, -0.1) is 0 Å². The third-order valence-corrected chi connectivity index (χ3v) is 2.40. The smallest absolute Gasteiger partial charge is 0.234 e. The molecule has 1 aromatic heterocycles. The average Bonchev–Trinajstić information content (AvgIpc) is 2.73. The molecule has 0 bridgehead atoms. The predicted molar refractivity (Wildman–Crippen MR) is 41.7 cm³/mol. The van der Waals surface area contributed by atoms with Crippen LogP contribution in [0.25, 0.3) is 0 Å². The molecule has 1 N–H and O–H groups in total. The number of aromatic nitrogens is 2. The number of nitrogens with zero attached hydrogens (tertiary/aromatic N) is 2. The van der Waals surface area contributed by atoms with Crippen molar-refractivity contribution in [3.63, 3.8) is 0 Å². The average molecular weight is 169 g/mol. The molecular weight excluding hydrogens is 154 g/mol. The highest BCUT2D eigenvalue weighted by atomic mass is 16.5. The zero-order chi connectivity index (χ0) is 11.8. The van der Waals surface area contributed by atoms with Gasteiger partial charge in [0.15, 0.2) is 5.82 Å². The fraction of sp³-hybridized carbons (Fsp3) is 0.750. The van der Waals surface area contributed by atoms with Crippen molar-refractivity contribution in [2.24, 2.45) is 5.92 Å². The van der Waals surface area contributed by atoms with Crippen LogP contribution in [0.4, 0.5) is 0 Å². The molecule has 2 heterocycles. The maximum atomic E-state index is 7.87. The van der Waals surface area contributed by atoms with E-state index in [0.29, 0.717) is 12.2 Å². The van der Waals surface area contributed by atoms with Crippen LogP contribution in [0.1, 0.15) is 23.6 Å². The summed E-state index contributed by atoms with van der Waals surface area (Å²) in [4.78, 5) is 4.04. The monoisotopic (exact) mass is 169 g/mol. The Balaban J connectivity index is 2.09. The summed E-state index contributed by atoms with van der Waals surface area (Å²) in [5.41, 5.74) is -0.988. The van der Waals surface area contributed by atoms with Gasteiger partial charge >= 0.3 is 0 Å². The number of nitrogens with one attached hydrogen (secondary N) is 1. The van der Waals surface area contributed by atoms with Crippen LogP contribution < -0.4 is 5.32 Å². The van der Waals surface area contributed by atoms with Gasteiger partial charge in [-0.3, -0.25) is 0 Å². The molecule has 2 fully saturated rings. The Bertz CT molecular complexity index is 460. The van der Waals surface area contributed by atoms with E-state index in [0.717, 1.165) is 0 Å². The fourth-order valence-electron chi connectivity index (χ4n) is 1.58. The lowest BCUT2D eigenvalue weighted by Gasteiger charge is -2.02. The standard InChI is InChI=1S/C8H11N3O/c1-5-10-7(12-11-5)8-2-6(8)3-9-4-8/h6,9H,2-4H2,1H3/t6-,8-/m0/s1/i3D2,4D2. The number of aryl methyl sites for hydroxylation is 1. The molecule has 3 rings (SSSR count). The van der Waals surface area contributed by atoms with E-state index in [9.17, 15) is 0 Å². The molecule has 1 aromatic rings. The number of rotatable bonds is 1. The largest absolute Gasteiger partial charge is 0.339 e. The number of piperidine rings is 1. The second-order valence-electron chi connectivity index (χ2n) is 3.27. The van der Waals surface area contributed by atoms with Gasteiger partial charge in [-0.2, -0.15) is 4.98 Å². The molecule has 1 aliphatic carbocycles. The Hall–Kier alpha value is -0.900. The zero-order valence-corrected chi connectivity index (χ0v) is 6.59. The van der Waals surface area contributed by atoms with Crippen LogP contribution in [-0.4, -0.2) is 23.1 Å². The van der Waals surface area contributed by atoms with Gasteiger partial charge in [0.1, 0.15) is 0 Å². The van der Waals surface area contributed by atoms with Crippen LogP contribution in [0.2, 0.25) is 0 Å². The maximum absolute atomic E-state index is 7.87. The summed E-state index contributed by atoms with van der Waals surface area (Å²) >= 11 is 0. The Labute approximate surface area is 76.0 Å². The first-order valence-electron chi connectivity index (χ1n) is 5.90. The van der Waals surface area contributed by atoms with Crippen molar-refractivity contribution in [1.82, 2.24) is 15.5 Å². The molecule has 0 unspecified atom stereocenters. The summed E-state index contributed by atoms with van der Waals surface area (Å²) in [6.07, 6.45) is 0.404. The summed E-state index contributed by atoms with van der Waals surface area (Å²) < 4.78 is 36.2. The summed E-state index contributed by atoms with van der Waals surface area (Å²) in [6.45, 7) is -1.90. The highest BCUT2D eigenvalue weighted by Crippen LogP contribution is 2.55. The minimum absolute atomic E-state index is 0.203. The van der Waals surface area contributed by atoms with Crippen LogP contribution >= 0.6 is 0 Å². The van der Waals surface area contributed by atoms with Crippen molar-refractivity contribution >= 4 is 0 Å². The third kappa shape index (κ3) is 0.659. The molecule has 2 aliphatic rings. The molecule has 1 saturated heterocycles. The fourth-order valence-corrected chi connectivity index (χ4v) is 1.58. The predicted octanol–water partition coefficient (Wildman–Crippen LogP) is 0.239. The van der Waals surface area contributed by atoms with Gasteiger partial charge in [-0.25, -0.2) is 0 Å². The van der Waals surface area contributed by atoms with Gasteiger partial charge in [0.2, 0.25) is 5.89 Å². The van der Waals surface area contributed by atoms with Gasteiger partial charge in [-0.1, -0.05) is 5.16 Å². The van der Waals surface area contributed by atoms with Crippen LogP contribution in [0.3, 0.4) is 0 Å². The summed E-state index contributed by atoms with van der Waals surface area (Å²) in [7, 11) is 0. The molecular formula is C8H11N3O. The van der Waals surface area contributed by atoms with Crippen LogP contribution in [-0.2, 0) is 5.41 Å². The van der Waals surface area contributed by atoms with E-state index in [1.54, 1.807) is 6.92 Å². The van der Waals surface area contributed by atoms with E-state index in [-0.39, 0.29) is 5.89 Å². The third-order valence-electron chi connectivity index (χ3n) is 2.40. The van der Waals surface area contributed by atoms with E-state index in [4.69, 9.17) is 10.0 Å². The number of hydrogen-bond donors (Lipinski definition) is 1. The maximum Gasteiger partial charge on any atom is 0.234 e. The van der Waals surface area contributed by atoms with E-state index < -0.39 is 24.3 Å². The number of fused-ring (bicyclic) bond motifs is 1. The molecule has 2 atom stereocenters. The summed E-state index contributed by atoms with van der Waals surface area (Å²) in [6, 6.07) is 0. The highest BCUT2D eigenvalue weighted by Gasteiger charge is 2.62. The minimum atomic E-state index is -1.85. The lowest BCUT2D eigenvalue weighted by Crippen LogP contribution is -2.19. The first kappa shape index (κ1) is 3.87. The van der Waals surface area contributed by atoms with Gasteiger partial charge < -0.3 is 9.84 Å². The SMILES string of the molecule is [2H]C1([2H])NC([2H])([2H])[C@@]2(c3nc(C)no3)C[C@@H]12. The quantitative estimate of drug-likeness (QED) is 0.654. The first-order chi connectivity index (χ1) is 7.30. The van der Waals surface area contributed by atoms with E-state index in [2.05, 4.69) is 15.5 Å². The Morgan fingerprint density at radius 3 is 3.25 bits per heavy atom. The van der Waals surface area contributed by atoms with Gasteiger partial charge in [0.25, 0.3) is 0 Å². The topological polar surface area (TPSA) is 51.0 Å². The number of hydrogen-bond acceptors (Lipinski definition) is 4. The Kier molecular flexibility index (Phi) is 0.606. The zero-order valence-electron chi connectivity index (χ0n) is 10.6. The molecule has 0 aromatic carbocycles. The molecule has 0 spiro atoms. The highest BCUT2D eigenvalue weighted by molar-refractivity contribution is 5.25. The molecule has 1 saturated carbocycles. The van der Waals surface area contributed by atoms with Crippen molar-refractivity contribution < 1.29 is 10.0 Å². The molecule has 4 heteroatoms.